The first-order valence-electron chi connectivity index (χ1n) is 5.51. The lowest BCUT2D eigenvalue weighted by Crippen LogP contribution is -2.10. The van der Waals surface area contributed by atoms with Gasteiger partial charge in [0.15, 0.2) is 5.78 Å². The molecule has 0 radical (unpaired) electrons. The highest BCUT2D eigenvalue weighted by Gasteiger charge is 2.29. The van der Waals surface area contributed by atoms with Crippen LogP contribution in [0.2, 0.25) is 0 Å². The van der Waals surface area contributed by atoms with Gasteiger partial charge in [-0.25, -0.2) is 0 Å². The van der Waals surface area contributed by atoms with Crippen LogP contribution in [0.25, 0.3) is 10.9 Å². The molecule has 82 valence electrons. The molecule has 1 aliphatic carbocycles. The molecule has 2 aromatic rings. The van der Waals surface area contributed by atoms with Crippen LogP contribution in [0.15, 0.2) is 34.9 Å². The highest BCUT2D eigenvalue weighted by molar-refractivity contribution is 9.10. The second-order valence-electron chi connectivity index (χ2n) is 4.39. The molecule has 1 saturated carbocycles. The number of rotatable bonds is 3. The van der Waals surface area contributed by atoms with Crippen LogP contribution >= 0.6 is 15.9 Å². The fourth-order valence-corrected chi connectivity index (χ4v) is 2.39. The zero-order valence-electron chi connectivity index (χ0n) is 8.82. The van der Waals surface area contributed by atoms with Crippen molar-refractivity contribution in [2.45, 2.75) is 19.4 Å². The van der Waals surface area contributed by atoms with Gasteiger partial charge in [-0.3, -0.25) is 4.79 Å². The summed E-state index contributed by atoms with van der Waals surface area (Å²) in [6.45, 7) is 0.524. The number of nitrogens with zero attached hydrogens (tertiary/aromatic N) is 1. The highest BCUT2D eigenvalue weighted by Crippen LogP contribution is 2.31. The van der Waals surface area contributed by atoms with Crippen molar-refractivity contribution in [2.75, 3.05) is 0 Å². The number of fused-ring (bicyclic) bond motifs is 1. The number of carbonyl (C=O) groups excluding carboxylic acids is 1. The Balaban J connectivity index is 1.94. The van der Waals surface area contributed by atoms with Crippen LogP contribution in [0.1, 0.15) is 12.8 Å². The van der Waals surface area contributed by atoms with E-state index in [-0.39, 0.29) is 0 Å². The molecule has 0 bridgehead atoms. The number of carbonyl (C=O) groups is 1. The highest BCUT2D eigenvalue weighted by atomic mass is 79.9. The van der Waals surface area contributed by atoms with Crippen LogP contribution < -0.4 is 0 Å². The Morgan fingerprint density at radius 3 is 2.94 bits per heavy atom. The van der Waals surface area contributed by atoms with Gasteiger partial charge in [-0.1, -0.05) is 15.9 Å². The number of Topliss-reactive ketones (excluding diaryl/α,β-unsaturated/α-hetero) is 1. The van der Waals surface area contributed by atoms with E-state index in [1.54, 1.807) is 0 Å². The third kappa shape index (κ3) is 1.80. The molecule has 1 aromatic heterocycles. The fourth-order valence-electron chi connectivity index (χ4n) is 2.01. The summed E-state index contributed by atoms with van der Waals surface area (Å²) in [4.78, 5) is 11.8. The van der Waals surface area contributed by atoms with Gasteiger partial charge >= 0.3 is 0 Å². The van der Waals surface area contributed by atoms with Gasteiger partial charge in [0.25, 0.3) is 0 Å². The number of hydrogen-bond donors (Lipinski definition) is 0. The van der Waals surface area contributed by atoms with Crippen molar-refractivity contribution in [1.29, 1.82) is 0 Å². The maximum Gasteiger partial charge on any atom is 0.155 e. The number of hydrogen-bond acceptors (Lipinski definition) is 1. The summed E-state index contributed by atoms with van der Waals surface area (Å²) in [5.41, 5.74) is 1.14. The molecule has 1 aliphatic rings. The summed E-state index contributed by atoms with van der Waals surface area (Å²) in [6, 6.07) is 8.20. The van der Waals surface area contributed by atoms with Gasteiger partial charge in [0.05, 0.1) is 6.54 Å². The summed E-state index contributed by atoms with van der Waals surface area (Å²) < 4.78 is 3.12. The second-order valence-corrected chi connectivity index (χ2v) is 5.30. The van der Waals surface area contributed by atoms with Crippen molar-refractivity contribution in [1.82, 2.24) is 4.57 Å². The second kappa shape index (κ2) is 3.74. The third-order valence-electron chi connectivity index (χ3n) is 3.09. The molecule has 0 spiro atoms. The van der Waals surface area contributed by atoms with Crippen molar-refractivity contribution < 1.29 is 4.79 Å². The number of aromatic nitrogens is 1. The van der Waals surface area contributed by atoms with Crippen molar-refractivity contribution in [3.8, 4) is 0 Å². The molecule has 0 saturated heterocycles. The molecule has 0 N–H and O–H groups in total. The normalized spacial score (nSPS) is 15.6. The Kier molecular flexibility index (Phi) is 2.36. The lowest BCUT2D eigenvalue weighted by atomic mass is 10.2. The van der Waals surface area contributed by atoms with Crippen molar-refractivity contribution >= 4 is 32.6 Å². The first-order valence-corrected chi connectivity index (χ1v) is 6.30. The Morgan fingerprint density at radius 2 is 2.19 bits per heavy atom. The summed E-state index contributed by atoms with van der Waals surface area (Å²) in [5, 5.41) is 1.18. The average molecular weight is 278 g/mol. The number of halogens is 1. The maximum atomic E-state index is 11.8. The summed E-state index contributed by atoms with van der Waals surface area (Å²) in [5.74, 6) is 0.716. The summed E-state index contributed by atoms with van der Waals surface area (Å²) in [6.07, 6.45) is 4.17. The summed E-state index contributed by atoms with van der Waals surface area (Å²) >= 11 is 3.45. The van der Waals surface area contributed by atoms with Gasteiger partial charge in [0.2, 0.25) is 0 Å². The van der Waals surface area contributed by atoms with E-state index in [4.69, 9.17) is 0 Å². The maximum absolute atomic E-state index is 11.8. The van der Waals surface area contributed by atoms with E-state index in [1.807, 2.05) is 16.8 Å². The molecule has 1 heterocycles. The largest absolute Gasteiger partial charge is 0.340 e. The predicted molar refractivity (Wildman–Crippen MR) is 67.4 cm³/mol. The van der Waals surface area contributed by atoms with Gasteiger partial charge in [-0.2, -0.15) is 0 Å². The molecular formula is C13H12BrNO. The molecule has 16 heavy (non-hydrogen) atoms. The molecule has 0 unspecified atom stereocenters. The van der Waals surface area contributed by atoms with E-state index in [2.05, 4.69) is 34.1 Å². The zero-order valence-corrected chi connectivity index (χ0v) is 10.4. The van der Waals surface area contributed by atoms with Crippen molar-refractivity contribution in [2.24, 2.45) is 5.92 Å². The predicted octanol–water partition coefficient (Wildman–Crippen LogP) is 3.38. The van der Waals surface area contributed by atoms with E-state index in [0.717, 1.165) is 22.8 Å². The topological polar surface area (TPSA) is 22.0 Å². The average Bonchev–Trinajstić information content (AvgIpc) is 3.03. The van der Waals surface area contributed by atoms with Crippen molar-refractivity contribution in [3.05, 3.63) is 34.9 Å². The minimum Gasteiger partial charge on any atom is -0.340 e. The van der Waals surface area contributed by atoms with Crippen LogP contribution in [0.4, 0.5) is 0 Å². The van der Waals surface area contributed by atoms with E-state index in [9.17, 15) is 4.79 Å². The number of benzene rings is 1. The molecule has 1 fully saturated rings. The SMILES string of the molecule is O=C(Cn1ccc2cc(Br)ccc21)C1CC1. The van der Waals surface area contributed by atoms with E-state index in [1.165, 1.54) is 5.39 Å². The Bertz CT molecular complexity index is 554. The van der Waals surface area contributed by atoms with E-state index < -0.39 is 0 Å². The smallest absolute Gasteiger partial charge is 0.155 e. The van der Waals surface area contributed by atoms with Crippen LogP contribution in [0.5, 0.6) is 0 Å². The summed E-state index contributed by atoms with van der Waals surface area (Å²) in [7, 11) is 0. The quantitative estimate of drug-likeness (QED) is 0.843. The number of ketones is 1. The molecule has 3 rings (SSSR count). The standard InChI is InChI=1S/C13H12BrNO/c14-11-3-4-12-10(7-11)5-6-15(12)8-13(16)9-1-2-9/h3-7,9H,1-2,8H2. The van der Waals surface area contributed by atoms with E-state index in [0.29, 0.717) is 18.2 Å². The minimum absolute atomic E-state index is 0.341. The molecule has 0 amide bonds. The lowest BCUT2D eigenvalue weighted by Gasteiger charge is -2.03. The lowest BCUT2D eigenvalue weighted by molar-refractivity contribution is -0.120. The first kappa shape index (κ1) is 10.1. The fraction of sp³-hybridized carbons (Fsp3) is 0.308. The zero-order chi connectivity index (χ0) is 11.1. The monoisotopic (exact) mass is 277 g/mol. The molecule has 0 aliphatic heterocycles. The Labute approximate surface area is 102 Å². The molecule has 2 nitrogen and oxygen atoms in total. The van der Waals surface area contributed by atoms with Gasteiger partial charge in [0.1, 0.15) is 0 Å². The first-order chi connectivity index (χ1) is 7.74. The molecular weight excluding hydrogens is 266 g/mol. The Hall–Kier alpha value is -1.09. The van der Waals surface area contributed by atoms with Crippen LogP contribution in [-0.2, 0) is 11.3 Å². The van der Waals surface area contributed by atoms with Gasteiger partial charge in [-0.05, 0) is 37.1 Å². The van der Waals surface area contributed by atoms with Gasteiger partial charge < -0.3 is 4.57 Å². The van der Waals surface area contributed by atoms with Crippen molar-refractivity contribution in [3.63, 3.8) is 0 Å². The van der Waals surface area contributed by atoms with Crippen LogP contribution in [-0.4, -0.2) is 10.4 Å². The molecule has 1 aromatic carbocycles. The molecule has 3 heteroatoms. The third-order valence-corrected chi connectivity index (χ3v) is 3.59. The van der Waals surface area contributed by atoms with Gasteiger partial charge in [0, 0.05) is 27.5 Å². The van der Waals surface area contributed by atoms with E-state index >= 15 is 0 Å². The van der Waals surface area contributed by atoms with Crippen LogP contribution in [0.3, 0.4) is 0 Å². The minimum atomic E-state index is 0.341. The molecule has 0 atom stereocenters. The van der Waals surface area contributed by atoms with Gasteiger partial charge in [-0.15, -0.1) is 0 Å². The Morgan fingerprint density at radius 1 is 1.38 bits per heavy atom. The van der Waals surface area contributed by atoms with Crippen LogP contribution in [0, 0.1) is 5.92 Å².